The third-order valence-electron chi connectivity index (χ3n) is 4.44. The van der Waals surface area contributed by atoms with Gasteiger partial charge in [-0.3, -0.25) is 13.9 Å². The van der Waals surface area contributed by atoms with Crippen molar-refractivity contribution in [1.82, 2.24) is 9.13 Å². The van der Waals surface area contributed by atoms with Crippen LogP contribution in [0, 0.1) is 23.3 Å². The molecule has 31 heavy (non-hydrogen) atoms. The van der Waals surface area contributed by atoms with Crippen molar-refractivity contribution in [2.24, 2.45) is 0 Å². The monoisotopic (exact) mass is 444 g/mol. The Morgan fingerprint density at radius 1 is 0.677 bits per heavy atom. The average Bonchev–Trinajstić information content (AvgIpc) is 2.66. The number of nitrogens with zero attached hydrogens (tertiary/aromatic N) is 2. The van der Waals surface area contributed by atoms with E-state index in [4.69, 9.17) is 0 Å². The maximum absolute atomic E-state index is 14.5. The zero-order chi connectivity index (χ0) is 22.9. The lowest BCUT2D eigenvalue weighted by Gasteiger charge is -2.16. The predicted molar refractivity (Wildman–Crippen MR) is 97.0 cm³/mol. The lowest BCUT2D eigenvalue weighted by atomic mass is 10.1. The van der Waals surface area contributed by atoms with Crippen molar-refractivity contribution >= 4 is 0 Å². The first-order valence-corrected chi connectivity index (χ1v) is 8.79. The van der Waals surface area contributed by atoms with Crippen LogP contribution in [0.2, 0.25) is 0 Å². The van der Waals surface area contributed by atoms with E-state index in [-0.39, 0.29) is 0 Å². The molecule has 1 heterocycles. The normalized spacial score (nSPS) is 13.2. The summed E-state index contributed by atoms with van der Waals surface area (Å²) in [6.07, 6.45) is -4.36. The molecule has 0 aliphatic rings. The van der Waals surface area contributed by atoms with Crippen LogP contribution in [-0.4, -0.2) is 14.2 Å². The fourth-order valence-electron chi connectivity index (χ4n) is 2.99. The van der Waals surface area contributed by atoms with Gasteiger partial charge in [-0.25, -0.2) is 31.1 Å². The lowest BCUT2D eigenvalue weighted by Crippen LogP contribution is -2.40. The minimum atomic E-state index is -2.19. The van der Waals surface area contributed by atoms with E-state index in [1.807, 2.05) is 0 Å². The molecule has 0 radical (unpaired) electrons. The van der Waals surface area contributed by atoms with E-state index in [0.717, 1.165) is 0 Å². The number of halogens is 6. The Hall–Kier alpha value is -3.50. The van der Waals surface area contributed by atoms with Crippen molar-refractivity contribution in [3.05, 3.63) is 97.7 Å². The van der Waals surface area contributed by atoms with E-state index in [2.05, 4.69) is 0 Å². The summed E-state index contributed by atoms with van der Waals surface area (Å²) in [5, 5.41) is 9.87. The van der Waals surface area contributed by atoms with Gasteiger partial charge in [0.25, 0.3) is 5.56 Å². The fourth-order valence-corrected chi connectivity index (χ4v) is 2.99. The van der Waals surface area contributed by atoms with Gasteiger partial charge in [0, 0.05) is 12.1 Å². The van der Waals surface area contributed by atoms with E-state index >= 15 is 0 Å². The summed E-state index contributed by atoms with van der Waals surface area (Å²) in [5.74, 6) is -5.24. The largest absolute Gasteiger partial charge is 0.494 e. The highest BCUT2D eigenvalue weighted by atomic mass is 19.2. The molecule has 0 saturated carbocycles. The smallest absolute Gasteiger partial charge is 0.333 e. The zero-order valence-electron chi connectivity index (χ0n) is 15.5. The number of hydrogen-bond acceptors (Lipinski definition) is 3. The standard InChI is InChI=1S/C20H14F6N2O3/c21-12-1-10(2-13(22)5-12)16(25)8-27-18(29)7-19(30)28(20(27)31)9-17(26)11-3-14(23)6-15(24)4-11/h1-7,16-17,29H,8-9H2. The molecule has 2 unspecified atom stereocenters. The highest BCUT2D eigenvalue weighted by molar-refractivity contribution is 5.22. The van der Waals surface area contributed by atoms with Gasteiger partial charge in [0.15, 0.2) is 0 Å². The molecular formula is C20H14F6N2O3. The quantitative estimate of drug-likeness (QED) is 0.590. The summed E-state index contributed by atoms with van der Waals surface area (Å²) in [6.45, 7) is -1.92. The van der Waals surface area contributed by atoms with Gasteiger partial charge >= 0.3 is 5.69 Å². The van der Waals surface area contributed by atoms with Crippen LogP contribution in [0.15, 0.2) is 52.1 Å². The van der Waals surface area contributed by atoms with Crippen molar-refractivity contribution in [2.75, 3.05) is 0 Å². The zero-order valence-corrected chi connectivity index (χ0v) is 15.5. The first-order chi connectivity index (χ1) is 14.5. The Morgan fingerprint density at radius 2 is 1.06 bits per heavy atom. The van der Waals surface area contributed by atoms with Gasteiger partial charge in [-0.2, -0.15) is 0 Å². The topological polar surface area (TPSA) is 64.2 Å². The van der Waals surface area contributed by atoms with Gasteiger partial charge in [-0.1, -0.05) is 0 Å². The molecule has 0 aliphatic carbocycles. The maximum Gasteiger partial charge on any atom is 0.333 e. The summed E-state index contributed by atoms with van der Waals surface area (Å²) in [7, 11) is 0. The summed E-state index contributed by atoms with van der Waals surface area (Å²) in [5.41, 5.74) is -3.43. The Kier molecular flexibility index (Phi) is 6.23. The Morgan fingerprint density at radius 3 is 1.48 bits per heavy atom. The van der Waals surface area contributed by atoms with Crippen molar-refractivity contribution in [3.63, 3.8) is 0 Å². The van der Waals surface area contributed by atoms with Crippen LogP contribution < -0.4 is 11.2 Å². The first kappa shape index (κ1) is 22.2. The number of alkyl halides is 2. The second kappa shape index (κ2) is 8.70. The van der Waals surface area contributed by atoms with Crippen LogP contribution >= 0.6 is 0 Å². The summed E-state index contributed by atoms with van der Waals surface area (Å²) in [4.78, 5) is 24.6. The molecule has 0 aliphatic heterocycles. The van der Waals surface area contributed by atoms with Crippen molar-refractivity contribution in [2.45, 2.75) is 25.4 Å². The van der Waals surface area contributed by atoms with Crippen LogP contribution in [-0.2, 0) is 13.1 Å². The Balaban J connectivity index is 1.94. The van der Waals surface area contributed by atoms with Crippen molar-refractivity contribution in [1.29, 1.82) is 0 Å². The minimum absolute atomic E-state index is 0.298. The molecule has 5 nitrogen and oxygen atoms in total. The second-order valence-corrected chi connectivity index (χ2v) is 6.69. The van der Waals surface area contributed by atoms with Crippen LogP contribution in [0.1, 0.15) is 23.5 Å². The number of aromatic nitrogens is 2. The van der Waals surface area contributed by atoms with Gasteiger partial charge in [0.1, 0.15) is 35.6 Å². The highest BCUT2D eigenvalue weighted by Crippen LogP contribution is 2.23. The molecule has 0 fully saturated rings. The molecule has 164 valence electrons. The fraction of sp³-hybridized carbons (Fsp3) is 0.200. The van der Waals surface area contributed by atoms with Crippen LogP contribution in [0.4, 0.5) is 26.3 Å². The van der Waals surface area contributed by atoms with Gasteiger partial charge in [-0.05, 0) is 35.4 Å². The third-order valence-corrected chi connectivity index (χ3v) is 4.44. The van der Waals surface area contributed by atoms with E-state index in [0.29, 0.717) is 51.6 Å². The van der Waals surface area contributed by atoms with Gasteiger partial charge in [-0.15, -0.1) is 0 Å². The van der Waals surface area contributed by atoms with E-state index in [1.165, 1.54) is 0 Å². The number of benzene rings is 2. The number of rotatable bonds is 6. The molecule has 0 saturated heterocycles. The molecular weight excluding hydrogens is 430 g/mol. The van der Waals surface area contributed by atoms with Crippen LogP contribution in [0.25, 0.3) is 0 Å². The molecule has 3 rings (SSSR count). The Labute approximate surface area is 170 Å². The van der Waals surface area contributed by atoms with Gasteiger partial charge < -0.3 is 5.11 Å². The van der Waals surface area contributed by atoms with Crippen molar-refractivity contribution in [3.8, 4) is 5.88 Å². The van der Waals surface area contributed by atoms with Gasteiger partial charge in [0.05, 0.1) is 19.2 Å². The molecule has 0 bridgehead atoms. The van der Waals surface area contributed by atoms with E-state index in [9.17, 15) is 41.0 Å². The van der Waals surface area contributed by atoms with Gasteiger partial charge in [0.2, 0.25) is 5.88 Å². The van der Waals surface area contributed by atoms with Crippen LogP contribution in [0.5, 0.6) is 5.88 Å². The van der Waals surface area contributed by atoms with E-state index < -0.39 is 77.0 Å². The van der Waals surface area contributed by atoms with E-state index in [1.54, 1.807) is 0 Å². The number of aromatic hydroxyl groups is 1. The first-order valence-electron chi connectivity index (χ1n) is 8.79. The SMILES string of the molecule is O=c1cc(O)n(CC(F)c2cc(F)cc(F)c2)c(=O)n1CC(F)c1cc(F)cc(F)c1. The summed E-state index contributed by atoms with van der Waals surface area (Å²) >= 11 is 0. The molecule has 1 N–H and O–H groups in total. The number of hydrogen-bond donors (Lipinski definition) is 1. The summed E-state index contributed by atoms with van der Waals surface area (Å²) in [6, 6.07) is 4.24. The molecule has 2 aromatic carbocycles. The lowest BCUT2D eigenvalue weighted by molar-refractivity contribution is 0.260. The minimum Gasteiger partial charge on any atom is -0.494 e. The third kappa shape index (κ3) is 4.98. The molecule has 0 spiro atoms. The van der Waals surface area contributed by atoms with Crippen LogP contribution in [0.3, 0.4) is 0 Å². The predicted octanol–water partition coefficient (Wildman–Crippen LogP) is 3.69. The molecule has 11 heteroatoms. The highest BCUT2D eigenvalue weighted by Gasteiger charge is 2.21. The molecule has 2 atom stereocenters. The molecule has 0 amide bonds. The maximum atomic E-state index is 14.5. The Bertz CT molecular complexity index is 1200. The molecule has 3 aromatic rings. The average molecular weight is 444 g/mol. The molecule has 1 aromatic heterocycles. The second-order valence-electron chi connectivity index (χ2n) is 6.69. The summed E-state index contributed by atoms with van der Waals surface area (Å²) < 4.78 is 82.9. The van der Waals surface area contributed by atoms with Crippen molar-refractivity contribution < 1.29 is 31.4 Å².